The first-order valence-corrected chi connectivity index (χ1v) is 4.81. The van der Waals surface area contributed by atoms with Crippen LogP contribution in [0.5, 0.6) is 0 Å². The van der Waals surface area contributed by atoms with Gasteiger partial charge in [0.1, 0.15) is 0 Å². The van der Waals surface area contributed by atoms with E-state index in [9.17, 15) is 13.2 Å². The lowest BCUT2D eigenvalue weighted by Gasteiger charge is -2.06. The second-order valence-corrected chi connectivity index (χ2v) is 3.86. The molecule has 0 aromatic carbocycles. The van der Waals surface area contributed by atoms with Crippen molar-refractivity contribution in [2.24, 2.45) is 0 Å². The molecule has 13 heavy (non-hydrogen) atoms. The van der Waals surface area contributed by atoms with E-state index in [0.717, 1.165) is 6.08 Å². The summed E-state index contributed by atoms with van der Waals surface area (Å²) in [6, 6.07) is 0. The molecule has 0 aliphatic heterocycles. The van der Waals surface area contributed by atoms with Gasteiger partial charge in [0.2, 0.25) is 5.91 Å². The first-order valence-electron chi connectivity index (χ1n) is 3.37. The van der Waals surface area contributed by atoms with Crippen LogP contribution in [0.4, 0.5) is 0 Å². The molecule has 2 N–H and O–H groups in total. The molecule has 0 spiro atoms. The van der Waals surface area contributed by atoms with E-state index in [2.05, 4.69) is 6.58 Å². The highest BCUT2D eigenvalue weighted by Crippen LogP contribution is 2.06. The largest absolute Gasteiger partial charge is 0.311 e. The molecule has 0 saturated carbocycles. The summed E-state index contributed by atoms with van der Waals surface area (Å²) in [5.74, 6) is -0.686. The Labute approximate surface area is 76.9 Å². The number of hydrogen-bond acceptors (Lipinski definition) is 3. The Morgan fingerprint density at radius 2 is 1.92 bits per heavy atom. The van der Waals surface area contributed by atoms with Gasteiger partial charge in [-0.2, -0.15) is 8.42 Å². The average Bonchev–Trinajstić information content (AvgIpc) is 1.96. The van der Waals surface area contributed by atoms with E-state index < -0.39 is 21.1 Å². The summed E-state index contributed by atoms with van der Waals surface area (Å²) < 4.78 is 30.0. The topological polar surface area (TPSA) is 83.5 Å². The van der Waals surface area contributed by atoms with E-state index in [1.165, 1.54) is 13.8 Å². The van der Waals surface area contributed by atoms with Gasteiger partial charge in [0.05, 0.1) is 0 Å². The fraction of sp³-hybridized carbons (Fsp3) is 0.286. The van der Waals surface area contributed by atoms with Crippen LogP contribution in [0.2, 0.25) is 0 Å². The normalized spacial score (nSPS) is 10.4. The maximum Gasteiger partial charge on any atom is 0.310 e. The van der Waals surface area contributed by atoms with E-state index in [-0.39, 0.29) is 5.57 Å². The van der Waals surface area contributed by atoms with Crippen molar-refractivity contribution in [3.8, 4) is 0 Å². The van der Waals surface area contributed by atoms with Crippen LogP contribution in [0.1, 0.15) is 13.8 Å². The molecule has 0 radical (unpaired) electrons. The van der Waals surface area contributed by atoms with Gasteiger partial charge in [0, 0.05) is 0 Å². The Morgan fingerprint density at radius 1 is 1.46 bits per heavy atom. The number of allylic oxidation sites excluding steroid dienone is 1. The SMILES string of the molecule is C=CC(=O)NC(=C(C)C)S(=O)(=O)O. The first-order chi connectivity index (χ1) is 5.79. The lowest BCUT2D eigenvalue weighted by atomic mass is 10.4. The Bertz CT molecular complexity index is 349. The Hall–Kier alpha value is -1.14. The van der Waals surface area contributed by atoms with Crippen molar-refractivity contribution < 1.29 is 17.8 Å². The van der Waals surface area contributed by atoms with Crippen LogP contribution < -0.4 is 5.32 Å². The highest BCUT2D eigenvalue weighted by atomic mass is 32.2. The van der Waals surface area contributed by atoms with Crippen LogP contribution in [0, 0.1) is 0 Å². The van der Waals surface area contributed by atoms with Crippen LogP contribution in [0.25, 0.3) is 0 Å². The number of rotatable bonds is 3. The molecular weight excluding hydrogens is 194 g/mol. The predicted octanol–water partition coefficient (Wildman–Crippen LogP) is 0.428. The van der Waals surface area contributed by atoms with Crippen molar-refractivity contribution in [3.05, 3.63) is 23.3 Å². The molecule has 1 amide bonds. The van der Waals surface area contributed by atoms with Crippen LogP contribution in [-0.2, 0) is 14.9 Å². The zero-order valence-electron chi connectivity index (χ0n) is 7.36. The van der Waals surface area contributed by atoms with Gasteiger partial charge in [0.25, 0.3) is 0 Å². The molecule has 0 rings (SSSR count). The molecule has 0 bridgehead atoms. The zero-order valence-corrected chi connectivity index (χ0v) is 8.18. The molecular formula is C7H11NO4S. The fourth-order valence-electron chi connectivity index (χ4n) is 0.610. The molecule has 0 fully saturated rings. The standard InChI is InChI=1S/C7H11NO4S/c1-4-6(9)8-7(5(2)3)13(10,11)12/h4H,1H2,2-3H3,(H,8,9)(H,10,11,12). The van der Waals surface area contributed by atoms with Crippen LogP contribution in [0.15, 0.2) is 23.3 Å². The van der Waals surface area contributed by atoms with E-state index in [4.69, 9.17) is 4.55 Å². The van der Waals surface area contributed by atoms with E-state index in [1.54, 1.807) is 0 Å². The lowest BCUT2D eigenvalue weighted by molar-refractivity contribution is -0.115. The van der Waals surface area contributed by atoms with Gasteiger partial charge in [-0.3, -0.25) is 9.35 Å². The van der Waals surface area contributed by atoms with Crippen molar-refractivity contribution in [2.75, 3.05) is 0 Å². The maximum absolute atomic E-state index is 10.7. The van der Waals surface area contributed by atoms with E-state index >= 15 is 0 Å². The number of hydrogen-bond donors (Lipinski definition) is 2. The van der Waals surface area contributed by atoms with Crippen LogP contribution in [0.3, 0.4) is 0 Å². The zero-order chi connectivity index (χ0) is 10.6. The maximum atomic E-state index is 10.7. The fourth-order valence-corrected chi connectivity index (χ4v) is 1.36. The molecule has 5 nitrogen and oxygen atoms in total. The van der Waals surface area contributed by atoms with Crippen molar-refractivity contribution >= 4 is 16.0 Å². The molecule has 6 heteroatoms. The molecule has 0 unspecified atom stereocenters. The van der Waals surface area contributed by atoms with E-state index in [0.29, 0.717) is 0 Å². The predicted molar refractivity (Wildman–Crippen MR) is 48.3 cm³/mol. The van der Waals surface area contributed by atoms with Gasteiger partial charge in [0.15, 0.2) is 5.03 Å². The quantitative estimate of drug-likeness (QED) is 0.517. The van der Waals surface area contributed by atoms with E-state index in [1.807, 2.05) is 5.32 Å². The number of amides is 1. The minimum atomic E-state index is -4.37. The monoisotopic (exact) mass is 205 g/mol. The third-order valence-corrected chi connectivity index (χ3v) is 2.16. The van der Waals surface area contributed by atoms with Crippen molar-refractivity contribution in [1.82, 2.24) is 5.32 Å². The number of carbonyl (C=O) groups excluding carboxylic acids is 1. The van der Waals surface area contributed by atoms with Crippen LogP contribution >= 0.6 is 0 Å². The van der Waals surface area contributed by atoms with Gasteiger partial charge < -0.3 is 5.32 Å². The third kappa shape index (κ3) is 3.86. The molecule has 74 valence electrons. The lowest BCUT2D eigenvalue weighted by Crippen LogP contribution is -2.26. The Kier molecular flexibility index (Phi) is 3.83. The van der Waals surface area contributed by atoms with Crippen molar-refractivity contribution in [3.63, 3.8) is 0 Å². The minimum Gasteiger partial charge on any atom is -0.311 e. The van der Waals surface area contributed by atoms with Crippen molar-refractivity contribution in [2.45, 2.75) is 13.8 Å². The minimum absolute atomic E-state index is 0.290. The molecule has 0 heterocycles. The highest BCUT2D eigenvalue weighted by molar-refractivity contribution is 7.89. The van der Waals surface area contributed by atoms with Gasteiger partial charge >= 0.3 is 10.1 Å². The van der Waals surface area contributed by atoms with Gasteiger partial charge in [-0.1, -0.05) is 6.58 Å². The number of carbonyl (C=O) groups is 1. The van der Waals surface area contributed by atoms with Gasteiger partial charge in [-0.25, -0.2) is 0 Å². The molecule has 0 saturated heterocycles. The second kappa shape index (κ2) is 4.20. The molecule has 0 aromatic heterocycles. The summed E-state index contributed by atoms with van der Waals surface area (Å²) in [7, 11) is -4.37. The summed E-state index contributed by atoms with van der Waals surface area (Å²) in [6.07, 6.45) is 0.911. The van der Waals surface area contributed by atoms with Gasteiger partial charge in [-0.15, -0.1) is 0 Å². The van der Waals surface area contributed by atoms with Gasteiger partial charge in [-0.05, 0) is 25.5 Å². The second-order valence-electron chi connectivity index (χ2n) is 2.50. The molecule has 0 aliphatic carbocycles. The summed E-state index contributed by atoms with van der Waals surface area (Å²) >= 11 is 0. The molecule has 0 atom stereocenters. The first kappa shape index (κ1) is 11.9. The smallest absolute Gasteiger partial charge is 0.310 e. The van der Waals surface area contributed by atoms with Crippen LogP contribution in [-0.4, -0.2) is 18.9 Å². The summed E-state index contributed by atoms with van der Waals surface area (Å²) in [5.41, 5.74) is 0.290. The summed E-state index contributed by atoms with van der Waals surface area (Å²) in [6.45, 7) is 6.05. The average molecular weight is 205 g/mol. The highest BCUT2D eigenvalue weighted by Gasteiger charge is 2.16. The Balaban J connectivity index is 5.02. The summed E-state index contributed by atoms with van der Waals surface area (Å²) in [5, 5.41) is 1.49. The summed E-state index contributed by atoms with van der Waals surface area (Å²) in [4.78, 5) is 10.7. The number of nitrogens with one attached hydrogen (secondary N) is 1. The molecule has 0 aromatic rings. The Morgan fingerprint density at radius 3 is 2.15 bits per heavy atom. The van der Waals surface area contributed by atoms with Crippen molar-refractivity contribution in [1.29, 1.82) is 0 Å². The molecule has 0 aliphatic rings. The third-order valence-electron chi connectivity index (χ3n) is 1.13.